The Morgan fingerprint density at radius 1 is 1.42 bits per heavy atom. The number of aliphatic hydroxyl groups is 1. The van der Waals surface area contributed by atoms with E-state index in [1.54, 1.807) is 0 Å². The van der Waals surface area contributed by atoms with E-state index in [9.17, 15) is 5.11 Å². The molecule has 0 amide bonds. The summed E-state index contributed by atoms with van der Waals surface area (Å²) in [4.78, 5) is 2.24. The predicted molar refractivity (Wildman–Crippen MR) is 53.2 cm³/mol. The summed E-state index contributed by atoms with van der Waals surface area (Å²) in [6, 6.07) is 0.368. The molecular formula is C10H21NO. The Balaban J connectivity index is 0.000000561. The molecule has 0 spiro atoms. The summed E-state index contributed by atoms with van der Waals surface area (Å²) >= 11 is 0. The third-order valence-electron chi connectivity index (χ3n) is 2.34. The van der Waals surface area contributed by atoms with Gasteiger partial charge in [-0.05, 0) is 40.3 Å². The molecule has 1 rings (SSSR count). The van der Waals surface area contributed by atoms with Crippen LogP contribution in [0.5, 0.6) is 0 Å². The minimum Gasteiger partial charge on any atom is -0.389 e. The molecule has 72 valence electrons. The molecule has 0 bridgehead atoms. The third kappa shape index (κ3) is 2.95. The molecule has 0 aromatic carbocycles. The topological polar surface area (TPSA) is 23.5 Å². The highest BCUT2D eigenvalue weighted by Gasteiger charge is 2.33. The average Bonchev–Trinajstić information content (AvgIpc) is 2.38. The van der Waals surface area contributed by atoms with Gasteiger partial charge >= 0.3 is 0 Å². The summed E-state index contributed by atoms with van der Waals surface area (Å²) in [6.45, 7) is 10.9. The third-order valence-corrected chi connectivity index (χ3v) is 2.34. The lowest BCUT2D eigenvalue weighted by atomic mass is 9.97. The van der Waals surface area contributed by atoms with Gasteiger partial charge in [-0.1, -0.05) is 0 Å². The van der Waals surface area contributed by atoms with Crippen LogP contribution in [0.25, 0.3) is 0 Å². The molecule has 1 aliphatic heterocycles. The molecule has 1 saturated heterocycles. The molecule has 0 aliphatic carbocycles. The number of likely N-dealkylation sites (N-methyl/N-ethyl adjacent to an activating group) is 1. The Kier molecular flexibility index (Phi) is 4.50. The van der Waals surface area contributed by atoms with E-state index in [0.29, 0.717) is 6.04 Å². The summed E-state index contributed by atoms with van der Waals surface area (Å²) in [5.74, 6) is 0. The maximum Gasteiger partial charge on any atom is 0.0746 e. The largest absolute Gasteiger partial charge is 0.389 e. The van der Waals surface area contributed by atoms with Crippen LogP contribution in [0.4, 0.5) is 0 Å². The van der Waals surface area contributed by atoms with Crippen LogP contribution in [0.3, 0.4) is 0 Å². The average molecular weight is 171 g/mol. The molecule has 2 nitrogen and oxygen atoms in total. The number of hydrogen-bond acceptors (Lipinski definition) is 2. The molecule has 1 heterocycles. The van der Waals surface area contributed by atoms with Gasteiger partial charge in [0.05, 0.1) is 5.60 Å². The lowest BCUT2D eigenvalue weighted by molar-refractivity contribution is 0.00607. The van der Waals surface area contributed by atoms with Crippen molar-refractivity contribution in [1.29, 1.82) is 0 Å². The Morgan fingerprint density at radius 2 is 1.92 bits per heavy atom. The van der Waals surface area contributed by atoms with Crippen molar-refractivity contribution in [2.45, 2.75) is 38.3 Å². The van der Waals surface area contributed by atoms with E-state index in [1.165, 1.54) is 6.42 Å². The molecule has 0 saturated carbocycles. The first-order chi connectivity index (χ1) is 5.52. The van der Waals surface area contributed by atoms with Crippen LogP contribution in [0, 0.1) is 0 Å². The lowest BCUT2D eigenvalue weighted by Gasteiger charge is -2.31. The van der Waals surface area contributed by atoms with Gasteiger partial charge in [0.25, 0.3) is 0 Å². The molecule has 1 fully saturated rings. The molecule has 1 N–H and O–H groups in total. The summed E-state index contributed by atoms with van der Waals surface area (Å²) in [5.41, 5.74) is -0.523. The van der Waals surface area contributed by atoms with E-state index in [2.05, 4.69) is 25.1 Å². The second-order valence-electron chi connectivity index (χ2n) is 3.79. The summed E-state index contributed by atoms with van der Waals surface area (Å²) in [5, 5.41) is 9.65. The molecule has 0 aromatic rings. The van der Waals surface area contributed by atoms with Crippen LogP contribution in [-0.4, -0.2) is 35.2 Å². The van der Waals surface area contributed by atoms with Crippen LogP contribution in [0.1, 0.15) is 26.7 Å². The van der Waals surface area contributed by atoms with E-state index in [-0.39, 0.29) is 0 Å². The zero-order valence-corrected chi connectivity index (χ0v) is 8.51. The zero-order valence-electron chi connectivity index (χ0n) is 8.51. The van der Waals surface area contributed by atoms with Crippen molar-refractivity contribution in [3.8, 4) is 0 Å². The van der Waals surface area contributed by atoms with Crippen molar-refractivity contribution in [3.63, 3.8) is 0 Å². The van der Waals surface area contributed by atoms with Gasteiger partial charge < -0.3 is 10.0 Å². The second-order valence-corrected chi connectivity index (χ2v) is 3.79. The molecule has 0 unspecified atom stereocenters. The highest BCUT2D eigenvalue weighted by molar-refractivity contribution is 4.88. The van der Waals surface area contributed by atoms with E-state index < -0.39 is 5.60 Å². The van der Waals surface area contributed by atoms with Crippen LogP contribution in [-0.2, 0) is 0 Å². The van der Waals surface area contributed by atoms with Gasteiger partial charge in [-0.15, -0.1) is 13.2 Å². The SMILES string of the molecule is C=C.CN1CCC[C@H]1C(C)(C)O. The smallest absolute Gasteiger partial charge is 0.0746 e. The van der Waals surface area contributed by atoms with Crippen molar-refractivity contribution < 1.29 is 5.11 Å². The van der Waals surface area contributed by atoms with Crippen LogP contribution >= 0.6 is 0 Å². The van der Waals surface area contributed by atoms with E-state index in [0.717, 1.165) is 13.0 Å². The molecule has 1 aliphatic rings. The van der Waals surface area contributed by atoms with Gasteiger partial charge in [-0.2, -0.15) is 0 Å². The van der Waals surface area contributed by atoms with Gasteiger partial charge in [0.15, 0.2) is 0 Å². The standard InChI is InChI=1S/C8H17NO.C2H4/c1-8(2,10)7-5-4-6-9(7)3;1-2/h7,10H,4-6H2,1-3H3;1-2H2/t7-;/m0./s1. The zero-order chi connectivity index (χ0) is 9.78. The summed E-state index contributed by atoms with van der Waals surface area (Å²) < 4.78 is 0. The fourth-order valence-electron chi connectivity index (χ4n) is 1.80. The first kappa shape index (κ1) is 11.7. The molecule has 1 atom stereocenters. The Hall–Kier alpha value is -0.340. The summed E-state index contributed by atoms with van der Waals surface area (Å²) in [7, 11) is 2.08. The maximum absolute atomic E-state index is 9.65. The fraction of sp³-hybridized carbons (Fsp3) is 0.800. The minimum absolute atomic E-state index is 0.368. The van der Waals surface area contributed by atoms with E-state index in [4.69, 9.17) is 0 Å². The molecular weight excluding hydrogens is 150 g/mol. The van der Waals surface area contributed by atoms with Gasteiger partial charge in [0.1, 0.15) is 0 Å². The van der Waals surface area contributed by atoms with Crippen molar-refractivity contribution in [3.05, 3.63) is 13.2 Å². The fourth-order valence-corrected chi connectivity index (χ4v) is 1.80. The first-order valence-corrected chi connectivity index (χ1v) is 4.44. The van der Waals surface area contributed by atoms with Crippen molar-refractivity contribution in [2.75, 3.05) is 13.6 Å². The summed E-state index contributed by atoms with van der Waals surface area (Å²) in [6.07, 6.45) is 2.37. The van der Waals surface area contributed by atoms with Crippen molar-refractivity contribution in [2.24, 2.45) is 0 Å². The Labute approximate surface area is 75.9 Å². The maximum atomic E-state index is 9.65. The van der Waals surface area contributed by atoms with Crippen molar-refractivity contribution in [1.82, 2.24) is 4.90 Å². The highest BCUT2D eigenvalue weighted by Crippen LogP contribution is 2.24. The second kappa shape index (κ2) is 4.63. The van der Waals surface area contributed by atoms with Crippen LogP contribution in [0.2, 0.25) is 0 Å². The quantitative estimate of drug-likeness (QED) is 0.606. The van der Waals surface area contributed by atoms with Crippen LogP contribution < -0.4 is 0 Å². The molecule has 12 heavy (non-hydrogen) atoms. The van der Waals surface area contributed by atoms with Crippen molar-refractivity contribution >= 4 is 0 Å². The number of rotatable bonds is 1. The lowest BCUT2D eigenvalue weighted by Crippen LogP contribution is -2.43. The van der Waals surface area contributed by atoms with Gasteiger partial charge in [-0.25, -0.2) is 0 Å². The number of likely N-dealkylation sites (tertiary alicyclic amines) is 1. The molecule has 2 heteroatoms. The van der Waals surface area contributed by atoms with Gasteiger partial charge in [0.2, 0.25) is 0 Å². The van der Waals surface area contributed by atoms with E-state index in [1.807, 2.05) is 13.8 Å². The van der Waals surface area contributed by atoms with E-state index >= 15 is 0 Å². The van der Waals surface area contributed by atoms with Gasteiger partial charge in [-0.3, -0.25) is 0 Å². The Bertz CT molecular complexity index is 128. The predicted octanol–water partition coefficient (Wildman–Crippen LogP) is 1.65. The molecule has 0 aromatic heterocycles. The normalized spacial score (nSPS) is 24.8. The minimum atomic E-state index is -0.523. The first-order valence-electron chi connectivity index (χ1n) is 4.44. The van der Waals surface area contributed by atoms with Gasteiger partial charge in [0, 0.05) is 6.04 Å². The highest BCUT2D eigenvalue weighted by atomic mass is 16.3. The Morgan fingerprint density at radius 3 is 2.08 bits per heavy atom. The number of nitrogens with zero attached hydrogens (tertiary/aromatic N) is 1. The number of hydrogen-bond donors (Lipinski definition) is 1. The van der Waals surface area contributed by atoms with Crippen LogP contribution in [0.15, 0.2) is 13.2 Å². The molecule has 0 radical (unpaired) electrons. The monoisotopic (exact) mass is 171 g/mol.